The van der Waals surface area contributed by atoms with Gasteiger partial charge in [-0.2, -0.15) is 0 Å². The van der Waals surface area contributed by atoms with E-state index in [0.717, 1.165) is 45.7 Å². The summed E-state index contributed by atoms with van der Waals surface area (Å²) in [6.45, 7) is 1.11. The number of unbranched alkanes of at least 4 members (excludes halogenated alkanes) is 2. The van der Waals surface area contributed by atoms with E-state index in [2.05, 4.69) is 20.9 Å². The van der Waals surface area contributed by atoms with Crippen molar-refractivity contribution in [3.8, 4) is 11.5 Å². The highest BCUT2D eigenvalue weighted by molar-refractivity contribution is 9.10. The number of methoxy groups -OCH3 is 1. The second-order valence-electron chi connectivity index (χ2n) is 7.39. The molecule has 0 bridgehead atoms. The molecule has 2 aromatic carbocycles. The first kappa shape index (κ1) is 22.6. The van der Waals surface area contributed by atoms with Crippen molar-refractivity contribution in [1.82, 2.24) is 10.4 Å². The number of rotatable bonds is 8. The van der Waals surface area contributed by atoms with Crippen molar-refractivity contribution in [1.29, 1.82) is 0 Å². The number of amides is 1. The van der Waals surface area contributed by atoms with E-state index in [-0.39, 0.29) is 12.3 Å². The fourth-order valence-corrected chi connectivity index (χ4v) is 4.24. The Hall–Kier alpha value is -2.62. The van der Waals surface area contributed by atoms with Crippen LogP contribution in [-0.2, 0) is 11.3 Å². The molecule has 0 atom stereocenters. The molecule has 10 heteroatoms. The maximum Gasteiger partial charge on any atom is 0.243 e. The maximum absolute atomic E-state index is 11.1. The molecular formula is C22H22BrClN4O4. The van der Waals surface area contributed by atoms with Gasteiger partial charge >= 0.3 is 0 Å². The highest BCUT2D eigenvalue weighted by Gasteiger charge is 2.28. The number of nitrogens with one attached hydrogen (secondary N) is 1. The summed E-state index contributed by atoms with van der Waals surface area (Å²) in [5, 5.41) is 9.15. The molecule has 0 unspecified atom stereocenters. The van der Waals surface area contributed by atoms with Crippen molar-refractivity contribution in [2.75, 3.05) is 13.7 Å². The van der Waals surface area contributed by atoms with Crippen LogP contribution in [0.2, 0.25) is 5.02 Å². The van der Waals surface area contributed by atoms with E-state index in [1.807, 2.05) is 29.2 Å². The van der Waals surface area contributed by atoms with E-state index in [1.165, 1.54) is 0 Å². The zero-order valence-electron chi connectivity index (χ0n) is 17.4. The Kier molecular flexibility index (Phi) is 6.98. The first-order chi connectivity index (χ1) is 15.5. The molecule has 2 aliphatic heterocycles. The van der Waals surface area contributed by atoms with Crippen LogP contribution in [0.25, 0.3) is 0 Å². The molecule has 2 N–H and O–H groups in total. The van der Waals surface area contributed by atoms with Gasteiger partial charge in [-0.15, -0.1) is 0 Å². The van der Waals surface area contributed by atoms with Crippen molar-refractivity contribution >= 4 is 57.0 Å². The lowest BCUT2D eigenvalue weighted by atomic mass is 10.0. The predicted molar refractivity (Wildman–Crippen MR) is 126 cm³/mol. The number of halogens is 2. The lowest BCUT2D eigenvalue weighted by molar-refractivity contribution is -0.129. The Morgan fingerprint density at radius 3 is 2.91 bits per heavy atom. The standard InChI is InChI=1S/C22H22BrClN4O4/c1-31-17-10-16-14(9-18(17)32-8-4-2-3-5-19(29)27-30)22-26-21-13(11-28(22)12-25-16)6-7-15(24)20(21)23/h6-7,9-10,12,30H,2-5,8,11H2,1H3,(H,27,29). The molecule has 2 aromatic rings. The van der Waals surface area contributed by atoms with Crippen molar-refractivity contribution in [3.05, 3.63) is 44.9 Å². The largest absolute Gasteiger partial charge is 0.493 e. The smallest absolute Gasteiger partial charge is 0.243 e. The van der Waals surface area contributed by atoms with Gasteiger partial charge in [-0.25, -0.2) is 15.5 Å². The molecule has 32 heavy (non-hydrogen) atoms. The van der Waals surface area contributed by atoms with E-state index in [9.17, 15) is 4.79 Å². The number of carbonyl (C=O) groups excluding carboxylic acids is 1. The maximum atomic E-state index is 11.1. The molecule has 8 nitrogen and oxygen atoms in total. The van der Waals surface area contributed by atoms with Gasteiger partial charge < -0.3 is 14.4 Å². The summed E-state index contributed by atoms with van der Waals surface area (Å²) in [5.74, 6) is 1.59. The number of hydroxylamine groups is 1. The molecule has 0 aliphatic carbocycles. The van der Waals surface area contributed by atoms with Crippen LogP contribution >= 0.6 is 27.5 Å². The van der Waals surface area contributed by atoms with Gasteiger partial charge in [-0.1, -0.05) is 17.7 Å². The highest BCUT2D eigenvalue weighted by atomic mass is 79.9. The second-order valence-corrected chi connectivity index (χ2v) is 8.59. The van der Waals surface area contributed by atoms with Gasteiger partial charge in [0.25, 0.3) is 0 Å². The molecule has 0 saturated heterocycles. The van der Waals surface area contributed by atoms with E-state index >= 15 is 0 Å². The lowest BCUT2D eigenvalue weighted by Gasteiger charge is -2.31. The van der Waals surface area contributed by atoms with Crippen LogP contribution in [-0.4, -0.2) is 41.9 Å². The summed E-state index contributed by atoms with van der Waals surface area (Å²) in [4.78, 5) is 22.5. The van der Waals surface area contributed by atoms with Crippen LogP contribution < -0.4 is 15.0 Å². The van der Waals surface area contributed by atoms with Crippen LogP contribution in [0.15, 0.2) is 38.7 Å². The van der Waals surface area contributed by atoms with Crippen LogP contribution in [0.1, 0.15) is 36.8 Å². The topological polar surface area (TPSA) is 95.8 Å². The molecular weight excluding hydrogens is 500 g/mol. The third-order valence-corrected chi connectivity index (χ3v) is 6.62. The number of carbonyl (C=O) groups is 1. The highest BCUT2D eigenvalue weighted by Crippen LogP contribution is 2.43. The minimum absolute atomic E-state index is 0.285. The first-order valence-electron chi connectivity index (χ1n) is 10.2. The summed E-state index contributed by atoms with van der Waals surface area (Å²) in [6.07, 6.45) is 4.30. The normalized spacial score (nSPS) is 13.6. The first-order valence-corrected chi connectivity index (χ1v) is 11.3. The Morgan fingerprint density at radius 1 is 1.28 bits per heavy atom. The second kappa shape index (κ2) is 9.89. The van der Waals surface area contributed by atoms with Gasteiger partial charge in [0, 0.05) is 18.1 Å². The summed E-state index contributed by atoms with van der Waals surface area (Å²) < 4.78 is 12.3. The van der Waals surface area contributed by atoms with E-state index in [0.29, 0.717) is 36.1 Å². The fourth-order valence-electron chi connectivity index (χ4n) is 3.61. The number of benzene rings is 2. The average Bonchev–Trinajstić information content (AvgIpc) is 2.82. The summed E-state index contributed by atoms with van der Waals surface area (Å²) in [5.41, 5.74) is 5.11. The predicted octanol–water partition coefficient (Wildman–Crippen LogP) is 5.12. The quantitative estimate of drug-likeness (QED) is 0.285. The minimum Gasteiger partial charge on any atom is -0.493 e. The number of hydrogen-bond donors (Lipinski definition) is 2. The number of fused-ring (bicyclic) bond motifs is 4. The molecule has 4 rings (SSSR count). The van der Waals surface area contributed by atoms with Crippen molar-refractivity contribution < 1.29 is 19.5 Å². The molecule has 1 amide bonds. The Morgan fingerprint density at radius 2 is 2.12 bits per heavy atom. The average molecular weight is 522 g/mol. The monoisotopic (exact) mass is 520 g/mol. The van der Waals surface area contributed by atoms with Crippen LogP contribution in [0, 0.1) is 0 Å². The van der Waals surface area contributed by atoms with Gasteiger partial charge in [0.15, 0.2) is 11.5 Å². The minimum atomic E-state index is -0.380. The van der Waals surface area contributed by atoms with Crippen LogP contribution in [0.3, 0.4) is 0 Å². The van der Waals surface area contributed by atoms with Gasteiger partial charge in [-0.05, 0) is 52.9 Å². The third kappa shape index (κ3) is 4.60. The number of amidine groups is 1. The number of aliphatic imine (C=N–C) groups is 2. The van der Waals surface area contributed by atoms with Crippen molar-refractivity contribution in [3.63, 3.8) is 0 Å². The number of hydrogen-bond acceptors (Lipinski definition) is 7. The van der Waals surface area contributed by atoms with Crippen LogP contribution in [0.4, 0.5) is 11.4 Å². The third-order valence-electron chi connectivity index (χ3n) is 5.27. The summed E-state index contributed by atoms with van der Waals surface area (Å²) in [6, 6.07) is 7.57. The Bertz CT molecular complexity index is 1110. The molecule has 0 aromatic heterocycles. The Balaban J connectivity index is 1.55. The lowest BCUT2D eigenvalue weighted by Crippen LogP contribution is -2.34. The number of nitrogens with zero attached hydrogens (tertiary/aromatic N) is 3. The molecule has 0 radical (unpaired) electrons. The SMILES string of the molecule is COc1cc2c(cc1OCCCCCC(=O)NO)C1=Nc3c(ccc(Cl)c3Br)CN1C=N2. The van der Waals surface area contributed by atoms with Crippen molar-refractivity contribution in [2.45, 2.75) is 32.2 Å². The molecule has 2 aliphatic rings. The molecule has 0 fully saturated rings. The summed E-state index contributed by atoms with van der Waals surface area (Å²) in [7, 11) is 1.59. The van der Waals surface area contributed by atoms with Gasteiger partial charge in [0.1, 0.15) is 5.84 Å². The van der Waals surface area contributed by atoms with Gasteiger partial charge in [0.05, 0.1) is 47.5 Å². The zero-order valence-corrected chi connectivity index (χ0v) is 19.7. The fraction of sp³-hybridized carbons (Fsp3) is 0.318. The molecule has 168 valence electrons. The van der Waals surface area contributed by atoms with Gasteiger partial charge in [0.2, 0.25) is 5.91 Å². The van der Waals surface area contributed by atoms with E-state index in [4.69, 9.17) is 31.3 Å². The van der Waals surface area contributed by atoms with E-state index in [1.54, 1.807) is 18.9 Å². The molecule has 0 saturated carbocycles. The summed E-state index contributed by atoms with van der Waals surface area (Å²) >= 11 is 9.83. The van der Waals surface area contributed by atoms with E-state index < -0.39 is 0 Å². The molecule has 0 spiro atoms. The Labute approximate surface area is 199 Å². The van der Waals surface area contributed by atoms with Crippen molar-refractivity contribution in [2.24, 2.45) is 9.98 Å². The van der Waals surface area contributed by atoms with Crippen LogP contribution in [0.5, 0.6) is 11.5 Å². The zero-order chi connectivity index (χ0) is 22.7. The number of ether oxygens (including phenoxy) is 2. The molecule has 2 heterocycles. The van der Waals surface area contributed by atoms with Gasteiger partial charge in [-0.3, -0.25) is 10.0 Å².